The van der Waals surface area contributed by atoms with Crippen molar-refractivity contribution in [3.8, 4) is 0 Å². The second-order valence-corrected chi connectivity index (χ2v) is 5.38. The van der Waals surface area contributed by atoms with Gasteiger partial charge in [0.2, 0.25) is 0 Å². The summed E-state index contributed by atoms with van der Waals surface area (Å²) in [5.41, 5.74) is 2.04. The first kappa shape index (κ1) is 14.7. The summed E-state index contributed by atoms with van der Waals surface area (Å²) in [5.74, 6) is -0.128. The minimum atomic E-state index is -0.604. The quantitative estimate of drug-likeness (QED) is 0.820. The fraction of sp³-hybridized carbons (Fsp3) is 0.467. The number of carbonyl (C=O) groups excluding carboxylic acids is 2. The van der Waals surface area contributed by atoms with Crippen molar-refractivity contribution in [2.75, 3.05) is 27.2 Å². The lowest BCUT2D eigenvalue weighted by atomic mass is 10.0. The predicted octanol–water partition coefficient (Wildman–Crippen LogP) is 0.468. The van der Waals surface area contributed by atoms with E-state index in [4.69, 9.17) is 0 Å². The third-order valence-electron chi connectivity index (χ3n) is 3.40. The van der Waals surface area contributed by atoms with Crippen molar-refractivity contribution in [3.63, 3.8) is 0 Å². The highest BCUT2D eigenvalue weighted by molar-refractivity contribution is 6.05. The van der Waals surface area contributed by atoms with E-state index in [9.17, 15) is 14.7 Å². The van der Waals surface area contributed by atoms with Crippen LogP contribution in [-0.2, 0) is 6.42 Å². The second kappa shape index (κ2) is 6.15. The summed E-state index contributed by atoms with van der Waals surface area (Å²) in [4.78, 5) is 25.7. The summed E-state index contributed by atoms with van der Waals surface area (Å²) >= 11 is 0. The standard InChI is InChI=1S/C15H20N2O3/c1-17(2)9-10(18)8-16-15(20)13-5-3-4-12-11(13)6-7-14(12)19/h3-5,10,18H,6-9H2,1-2H3,(H,16,20)/t10-/m1/s1. The number of carbonyl (C=O) groups is 2. The Morgan fingerprint density at radius 2 is 2.15 bits per heavy atom. The first-order chi connectivity index (χ1) is 9.49. The highest BCUT2D eigenvalue weighted by Crippen LogP contribution is 2.25. The van der Waals surface area contributed by atoms with Gasteiger partial charge in [-0.1, -0.05) is 12.1 Å². The molecule has 1 aromatic rings. The Morgan fingerprint density at radius 3 is 2.85 bits per heavy atom. The molecule has 0 saturated carbocycles. The molecule has 5 nitrogen and oxygen atoms in total. The van der Waals surface area contributed by atoms with Crippen LogP contribution in [-0.4, -0.2) is 55.0 Å². The number of hydrogen-bond acceptors (Lipinski definition) is 4. The number of benzene rings is 1. The largest absolute Gasteiger partial charge is 0.390 e. The van der Waals surface area contributed by atoms with E-state index in [1.807, 2.05) is 19.0 Å². The van der Waals surface area contributed by atoms with Gasteiger partial charge in [0.15, 0.2) is 5.78 Å². The predicted molar refractivity (Wildman–Crippen MR) is 76.0 cm³/mol. The summed E-state index contributed by atoms with van der Waals surface area (Å²) in [6.07, 6.45) is 0.494. The van der Waals surface area contributed by atoms with Gasteiger partial charge in [0.1, 0.15) is 0 Å². The van der Waals surface area contributed by atoms with Crippen LogP contribution in [0.3, 0.4) is 0 Å². The minimum Gasteiger partial charge on any atom is -0.390 e. The van der Waals surface area contributed by atoms with Crippen LogP contribution >= 0.6 is 0 Å². The van der Waals surface area contributed by atoms with Crippen LogP contribution in [0.15, 0.2) is 18.2 Å². The molecule has 1 amide bonds. The van der Waals surface area contributed by atoms with Crippen LogP contribution in [0.1, 0.15) is 32.7 Å². The number of Topliss-reactive ketones (excluding diaryl/α,β-unsaturated/α-hetero) is 1. The van der Waals surface area contributed by atoms with Gasteiger partial charge in [-0.25, -0.2) is 0 Å². The van der Waals surface area contributed by atoms with Crippen LogP contribution in [0.5, 0.6) is 0 Å². The van der Waals surface area contributed by atoms with Crippen LogP contribution in [0.2, 0.25) is 0 Å². The number of nitrogens with one attached hydrogen (secondary N) is 1. The summed E-state index contributed by atoms with van der Waals surface area (Å²) < 4.78 is 0. The van der Waals surface area contributed by atoms with E-state index in [-0.39, 0.29) is 18.2 Å². The maximum atomic E-state index is 12.2. The Bertz CT molecular complexity index is 526. The minimum absolute atomic E-state index is 0.0993. The molecule has 0 spiro atoms. The van der Waals surface area contributed by atoms with Gasteiger partial charge in [0.05, 0.1) is 6.10 Å². The van der Waals surface area contributed by atoms with Crippen molar-refractivity contribution in [2.24, 2.45) is 0 Å². The van der Waals surface area contributed by atoms with Crippen molar-refractivity contribution in [1.82, 2.24) is 10.2 Å². The number of fused-ring (bicyclic) bond motifs is 1. The van der Waals surface area contributed by atoms with E-state index in [0.29, 0.717) is 30.5 Å². The van der Waals surface area contributed by atoms with Gasteiger partial charge in [-0.2, -0.15) is 0 Å². The number of ketones is 1. The third kappa shape index (κ3) is 3.23. The fourth-order valence-electron chi connectivity index (χ4n) is 2.50. The molecule has 1 aromatic carbocycles. The molecule has 2 N–H and O–H groups in total. The lowest BCUT2D eigenvalue weighted by molar-refractivity contribution is 0.0891. The molecule has 108 valence electrons. The van der Waals surface area contributed by atoms with Crippen molar-refractivity contribution >= 4 is 11.7 Å². The van der Waals surface area contributed by atoms with Crippen molar-refractivity contribution in [2.45, 2.75) is 18.9 Å². The Hall–Kier alpha value is -1.72. The Kier molecular flexibility index (Phi) is 4.52. The number of hydrogen-bond donors (Lipinski definition) is 2. The maximum Gasteiger partial charge on any atom is 0.251 e. The summed E-state index contributed by atoms with van der Waals surface area (Å²) in [5, 5.41) is 12.5. The molecule has 1 aliphatic carbocycles. The van der Waals surface area contributed by atoms with E-state index >= 15 is 0 Å². The van der Waals surface area contributed by atoms with Gasteiger partial charge in [-0.15, -0.1) is 0 Å². The van der Waals surface area contributed by atoms with Crippen LogP contribution in [0, 0.1) is 0 Å². The zero-order valence-corrected chi connectivity index (χ0v) is 11.8. The fourth-order valence-corrected chi connectivity index (χ4v) is 2.50. The molecule has 5 heteroatoms. The Morgan fingerprint density at radius 1 is 1.40 bits per heavy atom. The monoisotopic (exact) mass is 276 g/mol. The Labute approximate surface area is 118 Å². The van der Waals surface area contributed by atoms with Gasteiger partial charge in [0.25, 0.3) is 5.91 Å². The Balaban J connectivity index is 2.02. The summed E-state index contributed by atoms with van der Waals surface area (Å²) in [6, 6.07) is 5.22. The normalized spacial score (nSPS) is 15.3. The second-order valence-electron chi connectivity index (χ2n) is 5.38. The van der Waals surface area contributed by atoms with Crippen molar-refractivity contribution in [3.05, 3.63) is 34.9 Å². The molecule has 1 aliphatic rings. The van der Waals surface area contributed by atoms with E-state index in [0.717, 1.165) is 5.56 Å². The molecule has 2 rings (SSSR count). The first-order valence-corrected chi connectivity index (χ1v) is 6.75. The maximum absolute atomic E-state index is 12.2. The van der Waals surface area contributed by atoms with Crippen LogP contribution in [0.4, 0.5) is 0 Å². The van der Waals surface area contributed by atoms with Gasteiger partial charge in [-0.05, 0) is 32.1 Å². The number of amides is 1. The molecule has 0 fully saturated rings. The first-order valence-electron chi connectivity index (χ1n) is 6.75. The lowest BCUT2D eigenvalue weighted by Crippen LogP contribution is -2.38. The molecule has 0 aromatic heterocycles. The molecule has 0 aliphatic heterocycles. The third-order valence-corrected chi connectivity index (χ3v) is 3.40. The average Bonchev–Trinajstić information content (AvgIpc) is 2.77. The lowest BCUT2D eigenvalue weighted by Gasteiger charge is -2.17. The van der Waals surface area contributed by atoms with Gasteiger partial charge in [-0.3, -0.25) is 9.59 Å². The molecule has 1 atom stereocenters. The number of aliphatic hydroxyl groups is 1. The summed E-state index contributed by atoms with van der Waals surface area (Å²) in [6.45, 7) is 0.695. The van der Waals surface area contributed by atoms with Crippen molar-refractivity contribution < 1.29 is 14.7 Å². The van der Waals surface area contributed by atoms with Crippen molar-refractivity contribution in [1.29, 1.82) is 0 Å². The van der Waals surface area contributed by atoms with Gasteiger partial charge in [0, 0.05) is 30.6 Å². The summed E-state index contributed by atoms with van der Waals surface area (Å²) in [7, 11) is 3.72. The molecule has 0 heterocycles. The smallest absolute Gasteiger partial charge is 0.251 e. The number of rotatable bonds is 5. The van der Waals surface area contributed by atoms with E-state index in [1.165, 1.54) is 0 Å². The van der Waals surface area contributed by atoms with Crippen LogP contribution in [0.25, 0.3) is 0 Å². The van der Waals surface area contributed by atoms with E-state index < -0.39 is 6.10 Å². The number of likely N-dealkylation sites (N-methyl/N-ethyl adjacent to an activating group) is 1. The zero-order chi connectivity index (χ0) is 14.7. The molecule has 0 unspecified atom stereocenters. The number of nitrogens with zero attached hydrogens (tertiary/aromatic N) is 1. The SMILES string of the molecule is CN(C)C[C@H](O)CNC(=O)c1cccc2c1CCC2=O. The molecular weight excluding hydrogens is 256 g/mol. The molecule has 0 radical (unpaired) electrons. The van der Waals surface area contributed by atoms with E-state index in [2.05, 4.69) is 5.32 Å². The van der Waals surface area contributed by atoms with Crippen LogP contribution < -0.4 is 5.32 Å². The topological polar surface area (TPSA) is 69.6 Å². The average molecular weight is 276 g/mol. The van der Waals surface area contributed by atoms with Gasteiger partial charge >= 0.3 is 0 Å². The molecular formula is C15H20N2O3. The van der Waals surface area contributed by atoms with Gasteiger partial charge < -0.3 is 15.3 Å². The zero-order valence-electron chi connectivity index (χ0n) is 11.8. The molecule has 20 heavy (non-hydrogen) atoms. The number of aliphatic hydroxyl groups excluding tert-OH is 1. The highest BCUT2D eigenvalue weighted by atomic mass is 16.3. The molecule has 0 saturated heterocycles. The highest BCUT2D eigenvalue weighted by Gasteiger charge is 2.24. The molecule has 0 bridgehead atoms. The van der Waals surface area contributed by atoms with E-state index in [1.54, 1.807) is 18.2 Å².